The summed E-state index contributed by atoms with van der Waals surface area (Å²) in [5.74, 6) is 2.98. The Bertz CT molecular complexity index is 530. The summed E-state index contributed by atoms with van der Waals surface area (Å²) in [7, 11) is 0. The van der Waals surface area contributed by atoms with Gasteiger partial charge in [0, 0.05) is 13.1 Å². The van der Waals surface area contributed by atoms with E-state index in [0.717, 1.165) is 36.9 Å². The second-order valence-electron chi connectivity index (χ2n) is 4.59. The van der Waals surface area contributed by atoms with Crippen LogP contribution in [0.1, 0.15) is 17.8 Å². The normalized spacial score (nSPS) is 13.8. The number of hydrogen-bond donors (Lipinski definition) is 1. The van der Waals surface area contributed by atoms with Crippen molar-refractivity contribution in [1.29, 1.82) is 0 Å². The van der Waals surface area contributed by atoms with Crippen LogP contribution in [-0.4, -0.2) is 16.1 Å². The predicted molar refractivity (Wildman–Crippen MR) is 70.8 cm³/mol. The van der Waals surface area contributed by atoms with Crippen LogP contribution in [0.25, 0.3) is 0 Å². The van der Waals surface area contributed by atoms with Gasteiger partial charge in [-0.3, -0.25) is 0 Å². The highest BCUT2D eigenvalue weighted by molar-refractivity contribution is 5.36. The maximum atomic E-state index is 5.76. The molecule has 1 N–H and O–H groups in total. The molecular weight excluding hydrogens is 226 g/mol. The van der Waals surface area contributed by atoms with Gasteiger partial charge in [0.2, 0.25) is 0 Å². The molecule has 0 spiro atoms. The lowest BCUT2D eigenvalue weighted by atomic mass is 10.2. The van der Waals surface area contributed by atoms with Crippen molar-refractivity contribution in [3.8, 4) is 5.75 Å². The van der Waals surface area contributed by atoms with E-state index in [0.29, 0.717) is 6.61 Å². The summed E-state index contributed by atoms with van der Waals surface area (Å²) in [6, 6.07) is 8.09. The van der Waals surface area contributed by atoms with Crippen molar-refractivity contribution < 1.29 is 4.74 Å². The standard InChI is InChI=1S/C14H17N3O/c1-11-3-5-12(6-4-11)18-10-14-16-9-13-15-7-2-8-17(13)14/h3-6,9,15H,2,7-8,10H2,1H3. The number of ether oxygens (including phenoxy) is 1. The molecule has 4 nitrogen and oxygen atoms in total. The summed E-state index contributed by atoms with van der Waals surface area (Å²) in [4.78, 5) is 4.41. The molecular formula is C14H17N3O. The second-order valence-corrected chi connectivity index (χ2v) is 4.59. The van der Waals surface area contributed by atoms with Gasteiger partial charge in [-0.25, -0.2) is 4.98 Å². The maximum absolute atomic E-state index is 5.76. The molecule has 1 aliphatic rings. The number of nitrogens with one attached hydrogen (secondary N) is 1. The van der Waals surface area contributed by atoms with E-state index in [4.69, 9.17) is 4.74 Å². The van der Waals surface area contributed by atoms with E-state index in [2.05, 4.69) is 33.9 Å². The van der Waals surface area contributed by atoms with Crippen LogP contribution in [0.15, 0.2) is 30.5 Å². The Labute approximate surface area is 107 Å². The third-order valence-electron chi connectivity index (χ3n) is 3.19. The van der Waals surface area contributed by atoms with Gasteiger partial charge in [-0.05, 0) is 25.5 Å². The van der Waals surface area contributed by atoms with Gasteiger partial charge in [0.05, 0.1) is 6.20 Å². The zero-order valence-corrected chi connectivity index (χ0v) is 10.5. The Morgan fingerprint density at radius 1 is 1.33 bits per heavy atom. The molecule has 94 valence electrons. The molecule has 0 amide bonds. The van der Waals surface area contributed by atoms with Gasteiger partial charge in [0.25, 0.3) is 0 Å². The Hall–Kier alpha value is -1.97. The maximum Gasteiger partial charge on any atom is 0.148 e. The average Bonchev–Trinajstić information content (AvgIpc) is 2.82. The van der Waals surface area contributed by atoms with Gasteiger partial charge >= 0.3 is 0 Å². The van der Waals surface area contributed by atoms with Crippen LogP contribution in [0.2, 0.25) is 0 Å². The molecule has 0 atom stereocenters. The first-order valence-electron chi connectivity index (χ1n) is 6.31. The van der Waals surface area contributed by atoms with Gasteiger partial charge in [0.1, 0.15) is 24.0 Å². The van der Waals surface area contributed by atoms with Crippen LogP contribution < -0.4 is 10.1 Å². The van der Waals surface area contributed by atoms with Crippen LogP contribution in [0, 0.1) is 6.92 Å². The molecule has 1 aromatic carbocycles. The summed E-state index contributed by atoms with van der Waals surface area (Å²) in [6.07, 6.45) is 3.02. The third kappa shape index (κ3) is 2.18. The summed E-state index contributed by atoms with van der Waals surface area (Å²) in [5.41, 5.74) is 1.24. The SMILES string of the molecule is Cc1ccc(OCc2ncc3n2CCCN3)cc1. The number of aromatic nitrogens is 2. The quantitative estimate of drug-likeness (QED) is 0.900. The lowest BCUT2D eigenvalue weighted by molar-refractivity contribution is 0.288. The van der Waals surface area contributed by atoms with E-state index in [-0.39, 0.29) is 0 Å². The molecule has 0 unspecified atom stereocenters. The monoisotopic (exact) mass is 243 g/mol. The van der Waals surface area contributed by atoms with Gasteiger partial charge in [-0.2, -0.15) is 0 Å². The van der Waals surface area contributed by atoms with E-state index in [1.165, 1.54) is 5.56 Å². The van der Waals surface area contributed by atoms with Crippen molar-refractivity contribution in [3.05, 3.63) is 41.9 Å². The van der Waals surface area contributed by atoms with E-state index < -0.39 is 0 Å². The predicted octanol–water partition coefficient (Wildman–Crippen LogP) is 2.59. The van der Waals surface area contributed by atoms with Crippen LogP contribution in [0.4, 0.5) is 5.82 Å². The first-order valence-corrected chi connectivity index (χ1v) is 6.31. The number of anilines is 1. The molecule has 4 heteroatoms. The van der Waals surface area contributed by atoms with E-state index in [9.17, 15) is 0 Å². The zero-order chi connectivity index (χ0) is 12.4. The van der Waals surface area contributed by atoms with Gasteiger partial charge in [-0.15, -0.1) is 0 Å². The number of aryl methyl sites for hydroxylation is 1. The van der Waals surface area contributed by atoms with Crippen molar-refractivity contribution in [3.63, 3.8) is 0 Å². The Balaban J connectivity index is 1.70. The molecule has 0 bridgehead atoms. The number of imidazole rings is 1. The van der Waals surface area contributed by atoms with Gasteiger partial charge in [-0.1, -0.05) is 17.7 Å². The molecule has 0 fully saturated rings. The number of benzene rings is 1. The average molecular weight is 243 g/mol. The Kier molecular flexibility index (Phi) is 2.92. The van der Waals surface area contributed by atoms with Crippen molar-refractivity contribution in [2.24, 2.45) is 0 Å². The summed E-state index contributed by atoms with van der Waals surface area (Å²) >= 11 is 0. The molecule has 3 rings (SSSR count). The largest absolute Gasteiger partial charge is 0.486 e. The molecule has 0 saturated carbocycles. The highest BCUT2D eigenvalue weighted by Gasteiger charge is 2.13. The van der Waals surface area contributed by atoms with E-state index in [1.54, 1.807) is 0 Å². The number of hydrogen-bond acceptors (Lipinski definition) is 3. The molecule has 0 saturated heterocycles. The topological polar surface area (TPSA) is 39.1 Å². The van der Waals surface area contributed by atoms with Crippen LogP contribution in [0.5, 0.6) is 5.75 Å². The highest BCUT2D eigenvalue weighted by atomic mass is 16.5. The molecule has 1 aliphatic heterocycles. The highest BCUT2D eigenvalue weighted by Crippen LogP contribution is 2.18. The van der Waals surface area contributed by atoms with Crippen molar-refractivity contribution in [2.45, 2.75) is 26.5 Å². The summed E-state index contributed by atoms with van der Waals surface area (Å²) < 4.78 is 7.95. The minimum atomic E-state index is 0.519. The summed E-state index contributed by atoms with van der Waals surface area (Å²) in [5, 5.41) is 3.33. The number of nitrogens with zero attached hydrogens (tertiary/aromatic N) is 2. The third-order valence-corrected chi connectivity index (χ3v) is 3.19. The lowest BCUT2D eigenvalue weighted by Crippen LogP contribution is -2.18. The Morgan fingerprint density at radius 3 is 3.00 bits per heavy atom. The fourth-order valence-corrected chi connectivity index (χ4v) is 2.16. The van der Waals surface area contributed by atoms with Crippen molar-refractivity contribution in [1.82, 2.24) is 9.55 Å². The first-order chi connectivity index (χ1) is 8.83. The molecule has 0 aliphatic carbocycles. The van der Waals surface area contributed by atoms with Crippen LogP contribution in [0.3, 0.4) is 0 Å². The molecule has 0 radical (unpaired) electrons. The zero-order valence-electron chi connectivity index (χ0n) is 10.5. The van der Waals surface area contributed by atoms with Crippen LogP contribution in [-0.2, 0) is 13.2 Å². The van der Waals surface area contributed by atoms with Gasteiger partial charge in [0.15, 0.2) is 0 Å². The molecule has 2 heterocycles. The van der Waals surface area contributed by atoms with E-state index in [1.807, 2.05) is 18.3 Å². The minimum absolute atomic E-state index is 0.519. The second kappa shape index (κ2) is 4.72. The lowest BCUT2D eigenvalue weighted by Gasteiger charge is -2.18. The Morgan fingerprint density at radius 2 is 2.17 bits per heavy atom. The minimum Gasteiger partial charge on any atom is -0.486 e. The van der Waals surface area contributed by atoms with Crippen LogP contribution >= 0.6 is 0 Å². The smallest absolute Gasteiger partial charge is 0.148 e. The fourth-order valence-electron chi connectivity index (χ4n) is 2.16. The van der Waals surface area contributed by atoms with Crippen molar-refractivity contribution in [2.75, 3.05) is 11.9 Å². The van der Waals surface area contributed by atoms with Gasteiger partial charge < -0.3 is 14.6 Å². The molecule has 1 aromatic heterocycles. The van der Waals surface area contributed by atoms with E-state index >= 15 is 0 Å². The number of rotatable bonds is 3. The molecule has 18 heavy (non-hydrogen) atoms. The fraction of sp³-hybridized carbons (Fsp3) is 0.357. The first kappa shape index (κ1) is 11.1. The molecule has 2 aromatic rings. The summed E-state index contributed by atoms with van der Waals surface area (Å²) in [6.45, 7) is 4.64. The van der Waals surface area contributed by atoms with Crippen molar-refractivity contribution >= 4 is 5.82 Å². The number of fused-ring (bicyclic) bond motifs is 1.